The molecular weight excluding hydrogens is 430 g/mol. The quantitative estimate of drug-likeness (QED) is 0.645. The molecule has 1 unspecified atom stereocenters. The number of fused-ring (bicyclic) bond motifs is 2. The Morgan fingerprint density at radius 3 is 2.79 bits per heavy atom. The van der Waals surface area contributed by atoms with Crippen molar-refractivity contribution in [3.63, 3.8) is 0 Å². The van der Waals surface area contributed by atoms with Crippen molar-refractivity contribution in [2.45, 2.75) is 19.1 Å². The molecule has 0 bridgehead atoms. The average Bonchev–Trinajstić information content (AvgIpc) is 2.99. The maximum Gasteiger partial charge on any atom is 0.307 e. The number of aromatic nitrogens is 1. The van der Waals surface area contributed by atoms with Crippen molar-refractivity contribution in [2.75, 3.05) is 4.90 Å². The van der Waals surface area contributed by atoms with Crippen molar-refractivity contribution in [2.24, 2.45) is 0 Å². The minimum Gasteiger partial charge on any atom is -0.481 e. The lowest BCUT2D eigenvalue weighted by Crippen LogP contribution is -2.46. The number of carbonyl (C=O) groups is 2. The first-order chi connectivity index (χ1) is 13.3. The minimum absolute atomic E-state index is 0.0749. The highest BCUT2D eigenvalue weighted by Crippen LogP contribution is 2.38. The fraction of sp³-hybridized carbons (Fsp3) is 0.167. The molecular formula is C18H11Cl2FN2O4S. The number of ether oxygens (including phenoxy) is 1. The lowest BCUT2D eigenvalue weighted by atomic mass is 10.1. The van der Waals surface area contributed by atoms with Crippen LogP contribution in [0.1, 0.15) is 11.4 Å². The number of nitrogens with zero attached hydrogens (tertiary/aromatic N) is 2. The van der Waals surface area contributed by atoms with E-state index in [9.17, 15) is 14.0 Å². The number of hydrogen-bond donors (Lipinski definition) is 1. The molecule has 1 atom stereocenters. The number of carboxylic acids is 1. The zero-order chi connectivity index (χ0) is 20.0. The van der Waals surface area contributed by atoms with Gasteiger partial charge in [-0.3, -0.25) is 14.5 Å². The smallest absolute Gasteiger partial charge is 0.307 e. The molecule has 28 heavy (non-hydrogen) atoms. The van der Waals surface area contributed by atoms with Gasteiger partial charge in [0.15, 0.2) is 6.10 Å². The van der Waals surface area contributed by atoms with Gasteiger partial charge in [0.1, 0.15) is 16.6 Å². The van der Waals surface area contributed by atoms with Gasteiger partial charge in [-0.15, -0.1) is 11.3 Å². The molecule has 1 aliphatic rings. The lowest BCUT2D eigenvalue weighted by Gasteiger charge is -2.33. The minimum atomic E-state index is -1.25. The molecule has 144 valence electrons. The number of benzene rings is 2. The largest absolute Gasteiger partial charge is 0.481 e. The summed E-state index contributed by atoms with van der Waals surface area (Å²) in [6, 6.07) is 7.08. The number of rotatable bonds is 4. The third kappa shape index (κ3) is 3.50. The summed E-state index contributed by atoms with van der Waals surface area (Å²) in [6.45, 7) is 0.0749. The molecule has 4 rings (SSSR count). The number of aliphatic carboxylic acids is 1. The molecule has 0 spiro atoms. The fourth-order valence-electron chi connectivity index (χ4n) is 2.93. The molecule has 0 saturated carbocycles. The Kier molecular flexibility index (Phi) is 4.86. The molecule has 0 fully saturated rings. The van der Waals surface area contributed by atoms with E-state index in [-0.39, 0.29) is 12.3 Å². The number of hydrogen-bond acceptors (Lipinski definition) is 5. The van der Waals surface area contributed by atoms with Crippen LogP contribution in [0.5, 0.6) is 5.75 Å². The van der Waals surface area contributed by atoms with Crippen LogP contribution < -0.4 is 9.64 Å². The first-order valence-corrected chi connectivity index (χ1v) is 9.63. The zero-order valence-electron chi connectivity index (χ0n) is 14.0. The van der Waals surface area contributed by atoms with Gasteiger partial charge in [-0.05, 0) is 24.3 Å². The van der Waals surface area contributed by atoms with Gasteiger partial charge in [0.25, 0.3) is 5.91 Å². The van der Waals surface area contributed by atoms with Crippen LogP contribution in [0.2, 0.25) is 10.0 Å². The Hall–Kier alpha value is -2.42. The number of anilines is 1. The number of thiazole rings is 1. The fourth-order valence-corrected chi connectivity index (χ4v) is 4.29. The van der Waals surface area contributed by atoms with Crippen LogP contribution in [-0.4, -0.2) is 28.1 Å². The van der Waals surface area contributed by atoms with Crippen molar-refractivity contribution >= 4 is 62.3 Å². The number of amides is 1. The molecule has 3 aromatic rings. The summed E-state index contributed by atoms with van der Waals surface area (Å²) in [5, 5.41) is 10.4. The second kappa shape index (κ2) is 7.20. The standard InChI is InChI=1S/C18H11Cl2FN2O4S/c19-9-4-11-15(5-10(9)20)28-16(22-11)7-23-12-2-1-8(21)3-13(12)27-14(18(23)26)6-17(24)25/h1-5,14H,6-7H2,(H,24,25). The summed E-state index contributed by atoms with van der Waals surface area (Å²) in [5.74, 6) is -2.16. The van der Waals surface area contributed by atoms with Crippen LogP contribution in [-0.2, 0) is 16.1 Å². The van der Waals surface area contributed by atoms with Gasteiger partial charge >= 0.3 is 5.97 Å². The van der Waals surface area contributed by atoms with Crippen LogP contribution in [0.4, 0.5) is 10.1 Å². The van der Waals surface area contributed by atoms with Crippen molar-refractivity contribution < 1.29 is 23.8 Å². The lowest BCUT2D eigenvalue weighted by molar-refractivity contribution is -0.142. The second-order valence-corrected chi connectivity index (χ2v) is 8.01. The van der Waals surface area contributed by atoms with Crippen LogP contribution >= 0.6 is 34.5 Å². The van der Waals surface area contributed by atoms with Crippen LogP contribution in [0.3, 0.4) is 0 Å². The molecule has 0 saturated heterocycles. The van der Waals surface area contributed by atoms with E-state index in [1.807, 2.05) is 0 Å². The van der Waals surface area contributed by atoms with Gasteiger partial charge in [-0.1, -0.05) is 23.2 Å². The van der Waals surface area contributed by atoms with E-state index in [4.69, 9.17) is 33.0 Å². The van der Waals surface area contributed by atoms with Crippen LogP contribution in [0.25, 0.3) is 10.2 Å². The SMILES string of the molecule is O=C(O)CC1Oc2cc(F)ccc2N(Cc2nc3cc(Cl)c(Cl)cc3s2)C1=O. The monoisotopic (exact) mass is 440 g/mol. The van der Waals surface area contributed by atoms with E-state index in [0.29, 0.717) is 26.3 Å². The van der Waals surface area contributed by atoms with Gasteiger partial charge in [0.2, 0.25) is 0 Å². The van der Waals surface area contributed by atoms with Crippen LogP contribution in [0.15, 0.2) is 30.3 Å². The topological polar surface area (TPSA) is 79.7 Å². The van der Waals surface area contributed by atoms with Crippen molar-refractivity contribution in [1.82, 2.24) is 4.98 Å². The Morgan fingerprint density at radius 1 is 1.29 bits per heavy atom. The normalized spacial score (nSPS) is 16.2. The Morgan fingerprint density at radius 2 is 2.04 bits per heavy atom. The highest BCUT2D eigenvalue weighted by molar-refractivity contribution is 7.18. The summed E-state index contributed by atoms with van der Waals surface area (Å²) in [5.41, 5.74) is 0.986. The molecule has 1 aliphatic heterocycles. The molecule has 2 heterocycles. The van der Waals surface area contributed by atoms with Crippen molar-refractivity contribution in [3.05, 3.63) is 51.2 Å². The van der Waals surface area contributed by atoms with Gasteiger partial charge < -0.3 is 9.84 Å². The third-order valence-electron chi connectivity index (χ3n) is 4.15. The molecule has 6 nitrogen and oxygen atoms in total. The van der Waals surface area contributed by atoms with Crippen molar-refractivity contribution in [3.8, 4) is 5.75 Å². The summed E-state index contributed by atoms with van der Waals surface area (Å²) in [6.07, 6.45) is -1.78. The molecule has 0 radical (unpaired) electrons. The Labute approximate surface area is 172 Å². The van der Waals surface area contributed by atoms with E-state index in [0.717, 1.165) is 10.8 Å². The zero-order valence-corrected chi connectivity index (χ0v) is 16.3. The summed E-state index contributed by atoms with van der Waals surface area (Å²) < 4.78 is 19.8. The maximum atomic E-state index is 13.6. The Balaban J connectivity index is 1.72. The predicted octanol–water partition coefficient (Wildman–Crippen LogP) is 4.51. The van der Waals surface area contributed by atoms with E-state index in [1.54, 1.807) is 12.1 Å². The first-order valence-electron chi connectivity index (χ1n) is 8.05. The van der Waals surface area contributed by atoms with Crippen molar-refractivity contribution in [1.29, 1.82) is 0 Å². The van der Waals surface area contributed by atoms with E-state index in [2.05, 4.69) is 4.98 Å². The van der Waals surface area contributed by atoms with Gasteiger partial charge in [0, 0.05) is 6.07 Å². The van der Waals surface area contributed by atoms with Gasteiger partial charge in [0.05, 0.1) is 38.9 Å². The Bertz CT molecular complexity index is 1080. The summed E-state index contributed by atoms with van der Waals surface area (Å²) in [4.78, 5) is 29.7. The average molecular weight is 441 g/mol. The maximum absolute atomic E-state index is 13.6. The van der Waals surface area contributed by atoms with E-state index >= 15 is 0 Å². The molecule has 2 aromatic carbocycles. The van der Waals surface area contributed by atoms with Gasteiger partial charge in [-0.25, -0.2) is 9.37 Å². The summed E-state index contributed by atoms with van der Waals surface area (Å²) in [7, 11) is 0. The molecule has 1 amide bonds. The molecule has 1 N–H and O–H groups in total. The van der Waals surface area contributed by atoms with Gasteiger partial charge in [-0.2, -0.15) is 0 Å². The van der Waals surface area contributed by atoms with E-state index < -0.39 is 30.2 Å². The van der Waals surface area contributed by atoms with E-state index in [1.165, 1.54) is 28.4 Å². The highest BCUT2D eigenvalue weighted by atomic mass is 35.5. The highest BCUT2D eigenvalue weighted by Gasteiger charge is 2.36. The predicted molar refractivity (Wildman–Crippen MR) is 104 cm³/mol. The number of carboxylic acid groups (broad SMARTS) is 1. The molecule has 0 aliphatic carbocycles. The molecule has 1 aromatic heterocycles. The first kappa shape index (κ1) is 18.9. The number of carbonyl (C=O) groups excluding carboxylic acids is 1. The third-order valence-corrected chi connectivity index (χ3v) is 5.88. The van der Waals surface area contributed by atoms with Crippen LogP contribution in [0, 0.1) is 5.82 Å². The number of halogens is 3. The second-order valence-electron chi connectivity index (χ2n) is 6.08. The molecule has 10 heteroatoms. The summed E-state index contributed by atoms with van der Waals surface area (Å²) >= 11 is 13.4.